The van der Waals surface area contributed by atoms with E-state index in [9.17, 15) is 9.59 Å². The van der Waals surface area contributed by atoms with E-state index >= 15 is 0 Å². The van der Waals surface area contributed by atoms with Crippen LogP contribution in [0.5, 0.6) is 0 Å². The van der Waals surface area contributed by atoms with Gasteiger partial charge in [0.25, 0.3) is 5.91 Å². The van der Waals surface area contributed by atoms with E-state index in [1.54, 1.807) is 21.6 Å². The highest BCUT2D eigenvalue weighted by Crippen LogP contribution is 2.53. The molecule has 2 aliphatic heterocycles. The molecule has 0 saturated carbocycles. The summed E-state index contributed by atoms with van der Waals surface area (Å²) in [5.41, 5.74) is 4.05. The smallest absolute Gasteiger partial charge is 0.319 e. The zero-order valence-corrected chi connectivity index (χ0v) is 16.4. The Bertz CT molecular complexity index is 901. The normalized spacial score (nSPS) is 21.0. The molecule has 0 radical (unpaired) electrons. The summed E-state index contributed by atoms with van der Waals surface area (Å²) in [7, 11) is 0. The standard InChI is InChI=1S/C21H23N3O2S/c1-3-23-18-10-5-4-9-17(18)21(19(23)25)24(11-12-27-21)20(26)22-14-16-8-6-7-15(2)13-16/h4-10,13H,3,11-12,14H2,1-2H3,(H,22,26)/t21-/m1/s1. The van der Waals surface area contributed by atoms with E-state index in [0.717, 1.165) is 28.1 Å². The van der Waals surface area contributed by atoms with Gasteiger partial charge in [-0.15, -0.1) is 11.8 Å². The first-order chi connectivity index (χ1) is 13.1. The van der Waals surface area contributed by atoms with Crippen molar-refractivity contribution in [1.29, 1.82) is 0 Å². The fourth-order valence-electron chi connectivity index (χ4n) is 3.98. The molecule has 4 rings (SSSR count). The van der Waals surface area contributed by atoms with E-state index in [-0.39, 0.29) is 11.9 Å². The van der Waals surface area contributed by atoms with E-state index in [1.807, 2.05) is 56.3 Å². The Morgan fingerprint density at radius 1 is 1.22 bits per heavy atom. The molecule has 1 spiro atoms. The predicted octanol–water partition coefficient (Wildman–Crippen LogP) is 3.47. The number of urea groups is 1. The Morgan fingerprint density at radius 2 is 2.04 bits per heavy atom. The minimum Gasteiger partial charge on any atom is -0.334 e. The molecule has 1 atom stereocenters. The number of fused-ring (bicyclic) bond motifs is 2. The number of nitrogens with one attached hydrogen (secondary N) is 1. The number of rotatable bonds is 3. The average molecular weight is 382 g/mol. The maximum Gasteiger partial charge on any atom is 0.319 e. The van der Waals surface area contributed by atoms with Crippen molar-refractivity contribution in [2.45, 2.75) is 25.3 Å². The summed E-state index contributed by atoms with van der Waals surface area (Å²) in [6.45, 7) is 5.60. The van der Waals surface area contributed by atoms with Crippen molar-refractivity contribution in [3.05, 3.63) is 65.2 Å². The van der Waals surface area contributed by atoms with E-state index < -0.39 is 4.87 Å². The summed E-state index contributed by atoms with van der Waals surface area (Å²) < 4.78 is 0. The Balaban J connectivity index is 1.62. The molecule has 5 nitrogen and oxygen atoms in total. The topological polar surface area (TPSA) is 52.7 Å². The molecule has 0 aliphatic carbocycles. The third kappa shape index (κ3) is 2.79. The molecular formula is C21H23N3O2S. The van der Waals surface area contributed by atoms with Gasteiger partial charge in [0.05, 0.1) is 5.69 Å². The first-order valence-corrected chi connectivity index (χ1v) is 10.2. The number of carbonyl (C=O) groups excluding carboxylic acids is 2. The van der Waals surface area contributed by atoms with Crippen LogP contribution < -0.4 is 10.2 Å². The first-order valence-electron chi connectivity index (χ1n) is 9.24. The molecule has 2 aromatic carbocycles. The molecule has 140 valence electrons. The van der Waals surface area contributed by atoms with Crippen LogP contribution in [-0.2, 0) is 16.2 Å². The second-order valence-electron chi connectivity index (χ2n) is 6.86. The van der Waals surface area contributed by atoms with E-state index in [0.29, 0.717) is 19.6 Å². The number of amides is 3. The van der Waals surface area contributed by atoms with E-state index in [1.165, 1.54) is 0 Å². The quantitative estimate of drug-likeness (QED) is 0.886. The molecule has 0 unspecified atom stereocenters. The van der Waals surface area contributed by atoms with Crippen LogP contribution in [0.3, 0.4) is 0 Å². The fraction of sp³-hybridized carbons (Fsp3) is 0.333. The number of nitrogens with zero attached hydrogens (tertiary/aromatic N) is 2. The third-order valence-corrected chi connectivity index (χ3v) is 6.61. The van der Waals surface area contributed by atoms with Crippen molar-refractivity contribution in [3.8, 4) is 0 Å². The van der Waals surface area contributed by atoms with Crippen molar-refractivity contribution >= 4 is 29.4 Å². The summed E-state index contributed by atoms with van der Waals surface area (Å²) in [5.74, 6) is 0.731. The Labute approximate surface area is 163 Å². The highest BCUT2D eigenvalue weighted by Gasteiger charge is 2.59. The number of anilines is 1. The second-order valence-corrected chi connectivity index (χ2v) is 8.15. The number of carbonyl (C=O) groups is 2. The number of aryl methyl sites for hydroxylation is 1. The van der Waals surface area contributed by atoms with Crippen LogP contribution in [0.1, 0.15) is 23.6 Å². The number of benzene rings is 2. The molecule has 1 fully saturated rings. The highest BCUT2D eigenvalue weighted by molar-refractivity contribution is 8.01. The Kier molecular flexibility index (Phi) is 4.60. The lowest BCUT2D eigenvalue weighted by molar-refractivity contribution is -0.123. The molecule has 2 aliphatic rings. The summed E-state index contributed by atoms with van der Waals surface area (Å²) in [6, 6.07) is 15.7. The summed E-state index contributed by atoms with van der Waals surface area (Å²) in [6.07, 6.45) is 0. The van der Waals surface area contributed by atoms with Gasteiger partial charge in [-0.05, 0) is 25.5 Å². The van der Waals surface area contributed by atoms with Crippen LogP contribution in [0.2, 0.25) is 0 Å². The zero-order valence-electron chi connectivity index (χ0n) is 15.6. The monoisotopic (exact) mass is 381 g/mol. The largest absolute Gasteiger partial charge is 0.334 e. The second kappa shape index (κ2) is 6.93. The number of para-hydroxylation sites is 1. The zero-order chi connectivity index (χ0) is 19.0. The fourth-order valence-corrected chi connectivity index (χ4v) is 5.44. The molecule has 0 bridgehead atoms. The van der Waals surface area contributed by atoms with Gasteiger partial charge in [-0.25, -0.2) is 4.79 Å². The van der Waals surface area contributed by atoms with Gasteiger partial charge in [0.1, 0.15) is 0 Å². The van der Waals surface area contributed by atoms with E-state index in [2.05, 4.69) is 11.4 Å². The van der Waals surface area contributed by atoms with Crippen LogP contribution in [0, 0.1) is 6.92 Å². The third-order valence-electron chi connectivity index (χ3n) is 5.19. The first kappa shape index (κ1) is 17.9. The van der Waals surface area contributed by atoms with Crippen molar-refractivity contribution in [2.24, 2.45) is 0 Å². The molecule has 1 N–H and O–H groups in total. The van der Waals surface area contributed by atoms with Crippen LogP contribution in [0.15, 0.2) is 48.5 Å². The maximum atomic E-state index is 13.3. The number of thioether (sulfide) groups is 1. The van der Waals surface area contributed by atoms with Gasteiger partial charge in [0.2, 0.25) is 0 Å². The molecule has 2 heterocycles. The van der Waals surface area contributed by atoms with Gasteiger partial charge in [0, 0.05) is 31.0 Å². The van der Waals surface area contributed by atoms with E-state index in [4.69, 9.17) is 0 Å². The molecule has 27 heavy (non-hydrogen) atoms. The van der Waals surface area contributed by atoms with Gasteiger partial charge in [-0.1, -0.05) is 48.0 Å². The molecule has 6 heteroatoms. The van der Waals surface area contributed by atoms with Crippen molar-refractivity contribution in [3.63, 3.8) is 0 Å². The van der Waals surface area contributed by atoms with Gasteiger partial charge in [0.15, 0.2) is 4.87 Å². The maximum absolute atomic E-state index is 13.3. The molecule has 2 aromatic rings. The minimum absolute atomic E-state index is 0.0144. The Hall–Kier alpha value is -2.47. The van der Waals surface area contributed by atoms with Crippen molar-refractivity contribution in [1.82, 2.24) is 10.2 Å². The van der Waals surface area contributed by atoms with Crippen LogP contribution in [-0.4, -0.2) is 35.7 Å². The molecule has 0 aromatic heterocycles. The molecular weight excluding hydrogens is 358 g/mol. The lowest BCUT2D eigenvalue weighted by Gasteiger charge is -2.33. The van der Waals surface area contributed by atoms with Gasteiger partial charge >= 0.3 is 6.03 Å². The lowest BCUT2D eigenvalue weighted by Crippen LogP contribution is -2.53. The number of likely N-dealkylation sites (N-methyl/N-ethyl adjacent to an activating group) is 1. The number of hydrogen-bond acceptors (Lipinski definition) is 3. The van der Waals surface area contributed by atoms with Crippen LogP contribution >= 0.6 is 11.8 Å². The van der Waals surface area contributed by atoms with Crippen molar-refractivity contribution < 1.29 is 9.59 Å². The SMILES string of the molecule is CCN1C(=O)[C@]2(SCCN2C(=O)NCc2cccc(C)c2)c2ccccc21. The average Bonchev–Trinajstić information content (AvgIpc) is 3.22. The van der Waals surface area contributed by atoms with Crippen LogP contribution in [0.25, 0.3) is 0 Å². The summed E-state index contributed by atoms with van der Waals surface area (Å²) in [5, 5.41) is 3.01. The van der Waals surface area contributed by atoms with Gasteiger partial charge in [-0.2, -0.15) is 0 Å². The van der Waals surface area contributed by atoms with Gasteiger partial charge < -0.3 is 10.2 Å². The lowest BCUT2D eigenvalue weighted by atomic mass is 10.1. The summed E-state index contributed by atoms with van der Waals surface area (Å²) in [4.78, 5) is 28.9. The summed E-state index contributed by atoms with van der Waals surface area (Å²) >= 11 is 1.56. The van der Waals surface area contributed by atoms with Crippen molar-refractivity contribution in [2.75, 3.05) is 23.7 Å². The Morgan fingerprint density at radius 3 is 2.81 bits per heavy atom. The van der Waals surface area contributed by atoms with Crippen LogP contribution in [0.4, 0.5) is 10.5 Å². The predicted molar refractivity (Wildman–Crippen MR) is 109 cm³/mol. The van der Waals surface area contributed by atoms with Gasteiger partial charge in [-0.3, -0.25) is 9.69 Å². The molecule has 1 saturated heterocycles. The highest BCUT2D eigenvalue weighted by atomic mass is 32.2. The number of hydrogen-bond donors (Lipinski definition) is 1. The molecule has 3 amide bonds. The minimum atomic E-state index is -0.941.